The van der Waals surface area contributed by atoms with Gasteiger partial charge < -0.3 is 15.0 Å². The molecule has 0 aliphatic carbocycles. The van der Waals surface area contributed by atoms with Crippen LogP contribution >= 0.6 is 0 Å². The van der Waals surface area contributed by atoms with Gasteiger partial charge in [-0.05, 0) is 43.3 Å². The van der Waals surface area contributed by atoms with Crippen molar-refractivity contribution in [2.75, 3.05) is 16.8 Å². The molecule has 0 fully saturated rings. The van der Waals surface area contributed by atoms with Gasteiger partial charge in [-0.2, -0.15) is 0 Å². The van der Waals surface area contributed by atoms with Crippen molar-refractivity contribution in [1.29, 1.82) is 0 Å². The van der Waals surface area contributed by atoms with Gasteiger partial charge in [0.15, 0.2) is 12.3 Å². The highest BCUT2D eigenvalue weighted by Gasteiger charge is 2.30. The highest BCUT2D eigenvalue weighted by Crippen LogP contribution is 2.31. The number of carbonyl (C=O) groups is 3. The molecule has 0 spiro atoms. The van der Waals surface area contributed by atoms with Crippen molar-refractivity contribution < 1.29 is 23.5 Å². The Balaban J connectivity index is 1.51. The van der Waals surface area contributed by atoms with E-state index < -0.39 is 30.3 Å². The van der Waals surface area contributed by atoms with Crippen molar-refractivity contribution in [3.63, 3.8) is 0 Å². The second-order valence-electron chi connectivity index (χ2n) is 7.08. The fourth-order valence-electron chi connectivity index (χ4n) is 3.49. The van der Waals surface area contributed by atoms with E-state index in [2.05, 4.69) is 10.3 Å². The number of anilines is 2. The molecule has 2 amide bonds. The smallest absolute Gasteiger partial charge is 0.357 e. The lowest BCUT2D eigenvalue weighted by atomic mass is 10.1. The number of nitrogens with zero attached hydrogens (tertiary/aromatic N) is 3. The Hall–Kier alpha value is -4.01. The van der Waals surface area contributed by atoms with Crippen molar-refractivity contribution >= 4 is 29.2 Å². The van der Waals surface area contributed by atoms with E-state index in [9.17, 15) is 18.8 Å². The molecule has 1 N–H and O–H groups in total. The third-order valence-electron chi connectivity index (χ3n) is 4.91. The van der Waals surface area contributed by atoms with E-state index in [1.807, 2.05) is 0 Å². The van der Waals surface area contributed by atoms with Crippen molar-refractivity contribution in [1.82, 2.24) is 9.55 Å². The molecule has 9 heteroatoms. The molecule has 1 aromatic heterocycles. The fraction of sp³-hybridized carbons (Fsp3) is 0.182. The maximum atomic E-state index is 13.2. The Labute approximate surface area is 177 Å². The summed E-state index contributed by atoms with van der Waals surface area (Å²) in [5.41, 5.74) is 1.68. The predicted molar refractivity (Wildman–Crippen MR) is 110 cm³/mol. The SMILES string of the molecule is CC1CC(=O)Nc2ccccc2N1C(=O)COC(=O)c1cncn1-c1ccc(F)cc1. The van der Waals surface area contributed by atoms with Crippen LogP contribution in [0.1, 0.15) is 23.8 Å². The quantitative estimate of drug-likeness (QED) is 0.653. The molecule has 1 unspecified atom stereocenters. The Bertz CT molecular complexity index is 1140. The topological polar surface area (TPSA) is 93.5 Å². The number of fused-ring (bicyclic) bond motifs is 1. The predicted octanol–water partition coefficient (Wildman–Crippen LogP) is 2.93. The van der Waals surface area contributed by atoms with E-state index in [1.165, 1.54) is 46.3 Å². The first kappa shape index (κ1) is 20.3. The zero-order valence-corrected chi connectivity index (χ0v) is 16.6. The maximum absolute atomic E-state index is 13.2. The van der Waals surface area contributed by atoms with Crippen LogP contribution in [-0.2, 0) is 14.3 Å². The fourth-order valence-corrected chi connectivity index (χ4v) is 3.49. The molecule has 0 radical (unpaired) electrons. The highest BCUT2D eigenvalue weighted by molar-refractivity contribution is 6.05. The van der Waals surface area contributed by atoms with Crippen LogP contribution in [0.4, 0.5) is 15.8 Å². The zero-order valence-electron chi connectivity index (χ0n) is 16.6. The molecular formula is C22H19FN4O4. The second-order valence-corrected chi connectivity index (χ2v) is 7.08. The summed E-state index contributed by atoms with van der Waals surface area (Å²) in [5.74, 6) is -1.81. The number of benzene rings is 2. The largest absolute Gasteiger partial charge is 0.451 e. The molecule has 31 heavy (non-hydrogen) atoms. The molecule has 2 heterocycles. The molecule has 3 aromatic rings. The van der Waals surface area contributed by atoms with Crippen molar-refractivity contribution in [2.45, 2.75) is 19.4 Å². The number of amides is 2. The number of nitrogens with one attached hydrogen (secondary N) is 1. The minimum Gasteiger partial charge on any atom is -0.451 e. The lowest BCUT2D eigenvalue weighted by Crippen LogP contribution is -2.41. The van der Waals surface area contributed by atoms with Crippen molar-refractivity contribution in [3.8, 4) is 5.69 Å². The van der Waals surface area contributed by atoms with Crippen LogP contribution in [0.25, 0.3) is 5.69 Å². The van der Waals surface area contributed by atoms with Gasteiger partial charge in [0.25, 0.3) is 5.91 Å². The number of imidazole rings is 1. The summed E-state index contributed by atoms with van der Waals surface area (Å²) in [7, 11) is 0. The number of esters is 1. The molecule has 1 aliphatic heterocycles. The molecule has 2 aromatic carbocycles. The Morgan fingerprint density at radius 2 is 1.94 bits per heavy atom. The van der Waals surface area contributed by atoms with Gasteiger partial charge >= 0.3 is 5.97 Å². The molecule has 0 saturated heterocycles. The first-order chi connectivity index (χ1) is 14.9. The molecule has 0 saturated carbocycles. The van der Waals surface area contributed by atoms with E-state index in [-0.39, 0.29) is 18.0 Å². The molecule has 158 valence electrons. The molecule has 1 atom stereocenters. The van der Waals surface area contributed by atoms with Gasteiger partial charge in [0.2, 0.25) is 5.91 Å². The second kappa shape index (κ2) is 8.39. The Morgan fingerprint density at radius 3 is 2.71 bits per heavy atom. The minimum atomic E-state index is -0.750. The van der Waals surface area contributed by atoms with Crippen LogP contribution in [-0.4, -0.2) is 40.0 Å². The van der Waals surface area contributed by atoms with Crippen LogP contribution in [0.3, 0.4) is 0 Å². The summed E-state index contributed by atoms with van der Waals surface area (Å²) in [5, 5.41) is 2.78. The van der Waals surface area contributed by atoms with Gasteiger partial charge in [-0.3, -0.25) is 14.2 Å². The van der Waals surface area contributed by atoms with Crippen LogP contribution in [0.5, 0.6) is 0 Å². The zero-order chi connectivity index (χ0) is 22.0. The monoisotopic (exact) mass is 422 g/mol. The number of carbonyl (C=O) groups excluding carboxylic acids is 3. The highest BCUT2D eigenvalue weighted by atomic mass is 19.1. The van der Waals surface area contributed by atoms with Gasteiger partial charge in [-0.25, -0.2) is 14.2 Å². The molecular weight excluding hydrogens is 403 g/mol. The maximum Gasteiger partial charge on any atom is 0.357 e. The number of halogens is 1. The first-order valence-corrected chi connectivity index (χ1v) is 9.60. The van der Waals surface area contributed by atoms with Crippen LogP contribution in [0.15, 0.2) is 61.1 Å². The third kappa shape index (κ3) is 4.16. The summed E-state index contributed by atoms with van der Waals surface area (Å²) in [6.07, 6.45) is 2.82. The van der Waals surface area contributed by atoms with Crippen molar-refractivity contribution in [3.05, 3.63) is 72.6 Å². The van der Waals surface area contributed by atoms with Crippen LogP contribution < -0.4 is 10.2 Å². The lowest BCUT2D eigenvalue weighted by molar-refractivity contribution is -0.122. The Kier molecular flexibility index (Phi) is 5.48. The van der Waals surface area contributed by atoms with Gasteiger partial charge in [-0.15, -0.1) is 0 Å². The van der Waals surface area contributed by atoms with Crippen LogP contribution in [0, 0.1) is 5.82 Å². The first-order valence-electron chi connectivity index (χ1n) is 9.60. The van der Waals surface area contributed by atoms with E-state index >= 15 is 0 Å². The average molecular weight is 422 g/mol. The van der Waals surface area contributed by atoms with Gasteiger partial charge in [-0.1, -0.05) is 12.1 Å². The molecule has 4 rings (SSSR count). The van der Waals surface area contributed by atoms with E-state index in [4.69, 9.17) is 4.74 Å². The number of para-hydroxylation sites is 2. The average Bonchev–Trinajstić information content (AvgIpc) is 3.19. The summed E-state index contributed by atoms with van der Waals surface area (Å²) in [6.45, 7) is 1.24. The summed E-state index contributed by atoms with van der Waals surface area (Å²) in [4.78, 5) is 43.0. The molecule has 0 bridgehead atoms. The standard InChI is InChI=1S/C22H19FN4O4/c1-14-10-20(28)25-17-4-2-3-5-18(17)27(14)21(29)12-31-22(30)19-11-24-13-26(19)16-8-6-15(23)7-9-16/h2-9,11,13-14H,10,12H2,1H3,(H,25,28). The van der Waals surface area contributed by atoms with E-state index in [0.717, 1.165) is 0 Å². The normalized spacial score (nSPS) is 15.6. The summed E-state index contributed by atoms with van der Waals surface area (Å²) in [6, 6.07) is 12.1. The van der Waals surface area contributed by atoms with Gasteiger partial charge in [0.1, 0.15) is 5.82 Å². The number of hydrogen-bond acceptors (Lipinski definition) is 5. The van der Waals surface area contributed by atoms with Gasteiger partial charge in [0, 0.05) is 18.2 Å². The van der Waals surface area contributed by atoms with Gasteiger partial charge in [0.05, 0.1) is 23.9 Å². The summed E-state index contributed by atoms with van der Waals surface area (Å²) < 4.78 is 19.9. The number of rotatable bonds is 4. The molecule has 8 nitrogen and oxygen atoms in total. The summed E-state index contributed by atoms with van der Waals surface area (Å²) >= 11 is 0. The Morgan fingerprint density at radius 1 is 1.19 bits per heavy atom. The van der Waals surface area contributed by atoms with Crippen molar-refractivity contribution in [2.24, 2.45) is 0 Å². The number of aromatic nitrogens is 2. The van der Waals surface area contributed by atoms with Crippen LogP contribution in [0.2, 0.25) is 0 Å². The van der Waals surface area contributed by atoms with E-state index in [0.29, 0.717) is 17.1 Å². The third-order valence-corrected chi connectivity index (χ3v) is 4.91. The number of hydrogen-bond donors (Lipinski definition) is 1. The minimum absolute atomic E-state index is 0.0977. The van der Waals surface area contributed by atoms with E-state index in [1.54, 1.807) is 31.2 Å². The molecule has 1 aliphatic rings. The number of ether oxygens (including phenoxy) is 1. The lowest BCUT2D eigenvalue weighted by Gasteiger charge is -2.27.